The summed E-state index contributed by atoms with van der Waals surface area (Å²) in [5, 5.41) is 12.0. The highest BCUT2D eigenvalue weighted by Gasteiger charge is 2.13. The van der Waals surface area contributed by atoms with E-state index >= 15 is 0 Å². The molecule has 0 fully saturated rings. The molecule has 2 rings (SSSR count). The van der Waals surface area contributed by atoms with E-state index in [0.29, 0.717) is 10.2 Å². The summed E-state index contributed by atoms with van der Waals surface area (Å²) >= 11 is 3.10. The molecule has 0 spiro atoms. The van der Waals surface area contributed by atoms with Gasteiger partial charge in [-0.2, -0.15) is 0 Å². The summed E-state index contributed by atoms with van der Waals surface area (Å²) in [7, 11) is 0. The van der Waals surface area contributed by atoms with Crippen molar-refractivity contribution in [2.45, 2.75) is 0 Å². The zero-order valence-electron chi connectivity index (χ0n) is 9.45. The lowest BCUT2D eigenvalue weighted by Gasteiger charge is -2.08. The lowest BCUT2D eigenvalue weighted by molar-refractivity contribution is 0.102. The Kier molecular flexibility index (Phi) is 3.80. The van der Waals surface area contributed by atoms with Crippen molar-refractivity contribution in [3.8, 4) is 5.75 Å². The average Bonchev–Trinajstić information content (AvgIpc) is 2.32. The van der Waals surface area contributed by atoms with E-state index in [2.05, 4.69) is 21.2 Å². The summed E-state index contributed by atoms with van der Waals surface area (Å²) in [4.78, 5) is 11.9. The normalized spacial score (nSPS) is 10.3. The maximum absolute atomic E-state index is 12.9. The maximum Gasteiger partial charge on any atom is 0.259 e. The first-order valence-corrected chi connectivity index (χ1v) is 6.01. The summed E-state index contributed by atoms with van der Waals surface area (Å²) in [6, 6.07) is 6.82. The van der Waals surface area contributed by atoms with Crippen molar-refractivity contribution in [2.24, 2.45) is 0 Å². The number of phenols is 1. The number of amides is 1. The maximum atomic E-state index is 12.9. The minimum Gasteiger partial charge on any atom is -0.507 e. The zero-order chi connectivity index (χ0) is 14.0. The van der Waals surface area contributed by atoms with Crippen LogP contribution in [0.2, 0.25) is 0 Å². The van der Waals surface area contributed by atoms with Gasteiger partial charge in [0.25, 0.3) is 5.91 Å². The van der Waals surface area contributed by atoms with Gasteiger partial charge >= 0.3 is 0 Å². The number of nitrogens with one attached hydrogen (secondary N) is 1. The van der Waals surface area contributed by atoms with E-state index in [1.807, 2.05) is 0 Å². The summed E-state index contributed by atoms with van der Waals surface area (Å²) < 4.78 is 26.1. The quantitative estimate of drug-likeness (QED) is 0.883. The molecule has 0 aliphatic rings. The third-order valence-electron chi connectivity index (χ3n) is 2.38. The number of hydrogen-bond acceptors (Lipinski definition) is 2. The number of benzene rings is 2. The highest BCUT2D eigenvalue weighted by atomic mass is 79.9. The minimum atomic E-state index is -0.642. The Bertz CT molecular complexity index is 647. The van der Waals surface area contributed by atoms with Crippen molar-refractivity contribution in [1.82, 2.24) is 0 Å². The molecule has 0 saturated heterocycles. The van der Waals surface area contributed by atoms with Gasteiger partial charge in [-0.25, -0.2) is 8.78 Å². The lowest BCUT2D eigenvalue weighted by atomic mass is 10.1. The molecule has 2 aromatic carbocycles. The molecule has 0 atom stereocenters. The minimum absolute atomic E-state index is 0.0716. The molecule has 0 bridgehead atoms. The van der Waals surface area contributed by atoms with Crippen molar-refractivity contribution in [3.63, 3.8) is 0 Å². The molecule has 3 nitrogen and oxygen atoms in total. The van der Waals surface area contributed by atoms with Crippen LogP contribution in [0.15, 0.2) is 40.9 Å². The SMILES string of the molecule is O=C(Nc1ccc(F)cc1Br)c1ccc(F)cc1O. The fourth-order valence-electron chi connectivity index (χ4n) is 1.48. The van der Waals surface area contributed by atoms with E-state index in [1.165, 1.54) is 18.2 Å². The molecular formula is C13H8BrF2NO2. The van der Waals surface area contributed by atoms with Crippen molar-refractivity contribution in [1.29, 1.82) is 0 Å². The third kappa shape index (κ3) is 3.08. The van der Waals surface area contributed by atoms with E-state index in [-0.39, 0.29) is 5.56 Å². The standard InChI is InChI=1S/C13H8BrF2NO2/c14-10-5-7(15)2-4-11(10)17-13(19)9-3-1-8(16)6-12(9)18/h1-6,18H,(H,17,19). The van der Waals surface area contributed by atoms with Crippen LogP contribution in [0, 0.1) is 11.6 Å². The number of phenolic OH excluding ortho intramolecular Hbond substituents is 1. The van der Waals surface area contributed by atoms with E-state index in [0.717, 1.165) is 18.2 Å². The first-order chi connectivity index (χ1) is 8.97. The molecule has 0 aliphatic heterocycles. The van der Waals surface area contributed by atoms with Crippen LogP contribution >= 0.6 is 15.9 Å². The van der Waals surface area contributed by atoms with E-state index in [1.54, 1.807) is 0 Å². The number of aromatic hydroxyl groups is 1. The topological polar surface area (TPSA) is 49.3 Å². The Balaban J connectivity index is 2.25. The molecule has 1 amide bonds. The highest BCUT2D eigenvalue weighted by Crippen LogP contribution is 2.25. The predicted molar refractivity (Wildman–Crippen MR) is 70.1 cm³/mol. The van der Waals surface area contributed by atoms with Crippen LogP contribution in [0.3, 0.4) is 0 Å². The van der Waals surface area contributed by atoms with Crippen LogP contribution in [0.5, 0.6) is 5.75 Å². The number of rotatable bonds is 2. The Hall–Kier alpha value is -1.95. The van der Waals surface area contributed by atoms with Gasteiger partial charge in [0.2, 0.25) is 0 Å². The second kappa shape index (κ2) is 5.36. The van der Waals surface area contributed by atoms with Gasteiger partial charge in [0, 0.05) is 10.5 Å². The highest BCUT2D eigenvalue weighted by molar-refractivity contribution is 9.10. The monoisotopic (exact) mass is 327 g/mol. The summed E-state index contributed by atoms with van der Waals surface area (Å²) in [5.41, 5.74) is 0.271. The molecule has 2 N–H and O–H groups in total. The lowest BCUT2D eigenvalue weighted by Crippen LogP contribution is -2.12. The van der Waals surface area contributed by atoms with Gasteiger partial charge in [0.1, 0.15) is 17.4 Å². The Morgan fingerprint density at radius 3 is 2.37 bits per heavy atom. The number of halogens is 3. The fourth-order valence-corrected chi connectivity index (χ4v) is 1.93. The molecule has 0 radical (unpaired) electrons. The molecule has 0 heterocycles. The van der Waals surface area contributed by atoms with E-state index < -0.39 is 23.3 Å². The molecule has 2 aromatic rings. The Morgan fingerprint density at radius 1 is 1.11 bits per heavy atom. The summed E-state index contributed by atoms with van der Waals surface area (Å²) in [6.07, 6.45) is 0. The molecule has 0 unspecified atom stereocenters. The molecular weight excluding hydrogens is 320 g/mol. The van der Waals surface area contributed by atoms with Crippen LogP contribution in [0.25, 0.3) is 0 Å². The van der Waals surface area contributed by atoms with Crippen molar-refractivity contribution in [3.05, 3.63) is 58.1 Å². The van der Waals surface area contributed by atoms with Crippen LogP contribution in [-0.2, 0) is 0 Å². The Morgan fingerprint density at radius 2 is 1.74 bits per heavy atom. The molecule has 98 valence electrons. The molecule has 19 heavy (non-hydrogen) atoms. The number of anilines is 1. The van der Waals surface area contributed by atoms with Crippen molar-refractivity contribution in [2.75, 3.05) is 5.32 Å². The third-order valence-corrected chi connectivity index (χ3v) is 3.04. The summed E-state index contributed by atoms with van der Waals surface area (Å²) in [5.74, 6) is -2.17. The Labute approximate surface area is 116 Å². The van der Waals surface area contributed by atoms with Gasteiger partial charge in [-0.15, -0.1) is 0 Å². The predicted octanol–water partition coefficient (Wildman–Crippen LogP) is 3.69. The average molecular weight is 328 g/mol. The van der Waals surface area contributed by atoms with Gasteiger partial charge in [-0.3, -0.25) is 4.79 Å². The molecule has 6 heteroatoms. The summed E-state index contributed by atoms with van der Waals surface area (Å²) in [6.45, 7) is 0. The van der Waals surface area contributed by atoms with Crippen LogP contribution in [-0.4, -0.2) is 11.0 Å². The smallest absolute Gasteiger partial charge is 0.259 e. The van der Waals surface area contributed by atoms with Gasteiger partial charge in [0.15, 0.2) is 0 Å². The number of hydrogen-bond donors (Lipinski definition) is 2. The number of carbonyl (C=O) groups is 1. The van der Waals surface area contributed by atoms with Gasteiger partial charge in [-0.05, 0) is 46.3 Å². The van der Waals surface area contributed by atoms with Gasteiger partial charge in [0.05, 0.1) is 11.3 Å². The first kappa shape index (κ1) is 13.5. The second-order valence-electron chi connectivity index (χ2n) is 3.74. The second-order valence-corrected chi connectivity index (χ2v) is 4.59. The van der Waals surface area contributed by atoms with Crippen LogP contribution < -0.4 is 5.32 Å². The van der Waals surface area contributed by atoms with Crippen molar-refractivity contribution < 1.29 is 18.7 Å². The van der Waals surface area contributed by atoms with Crippen LogP contribution in [0.4, 0.5) is 14.5 Å². The first-order valence-electron chi connectivity index (χ1n) is 5.22. The molecule has 0 aromatic heterocycles. The molecule has 0 aliphatic carbocycles. The van der Waals surface area contributed by atoms with Gasteiger partial charge in [-0.1, -0.05) is 0 Å². The zero-order valence-corrected chi connectivity index (χ0v) is 11.0. The van der Waals surface area contributed by atoms with Gasteiger partial charge < -0.3 is 10.4 Å². The largest absolute Gasteiger partial charge is 0.507 e. The van der Waals surface area contributed by atoms with Crippen LogP contribution in [0.1, 0.15) is 10.4 Å². The van der Waals surface area contributed by atoms with E-state index in [4.69, 9.17) is 0 Å². The van der Waals surface area contributed by atoms with Crippen molar-refractivity contribution >= 4 is 27.5 Å². The van der Waals surface area contributed by atoms with E-state index in [9.17, 15) is 18.7 Å². The number of carbonyl (C=O) groups excluding carboxylic acids is 1. The fraction of sp³-hybridized carbons (Fsp3) is 0. The molecule has 0 saturated carbocycles.